The maximum absolute atomic E-state index is 12.1. The summed E-state index contributed by atoms with van der Waals surface area (Å²) in [5, 5.41) is 9.33. The summed E-state index contributed by atoms with van der Waals surface area (Å²) in [6.07, 6.45) is -1.82. The maximum atomic E-state index is 12.1. The van der Waals surface area contributed by atoms with E-state index in [1.54, 1.807) is 14.0 Å². The highest BCUT2D eigenvalue weighted by atomic mass is 16.6. The van der Waals surface area contributed by atoms with Crippen molar-refractivity contribution in [2.24, 2.45) is 0 Å². The maximum Gasteiger partial charge on any atom is 0.335 e. The van der Waals surface area contributed by atoms with E-state index in [2.05, 4.69) is 0 Å². The van der Waals surface area contributed by atoms with Gasteiger partial charge in [0.2, 0.25) is 0 Å². The number of hydrogen-bond donors (Lipinski definition) is 1. The van der Waals surface area contributed by atoms with Gasteiger partial charge >= 0.3 is 5.97 Å². The Bertz CT molecular complexity index is 446. The fraction of sp³-hybridized carbons (Fsp3) is 0.467. The normalized spacial score (nSPS) is 13.4. The molecule has 0 aliphatic rings. The molecule has 1 aromatic carbocycles. The van der Waals surface area contributed by atoms with Crippen LogP contribution in [-0.2, 0) is 20.9 Å². The number of amides is 1. The molecule has 5 heteroatoms. The van der Waals surface area contributed by atoms with Gasteiger partial charge in [-0.2, -0.15) is 0 Å². The molecular formula is C15H21NO4. The molecule has 0 aromatic heterocycles. The minimum Gasteiger partial charge on any atom is -0.451 e. The molecule has 5 nitrogen and oxygen atoms in total. The third-order valence-corrected chi connectivity index (χ3v) is 2.94. The summed E-state index contributed by atoms with van der Waals surface area (Å²) in [5.41, 5.74) is 0.996. The molecule has 0 fully saturated rings. The Morgan fingerprint density at radius 3 is 2.45 bits per heavy atom. The van der Waals surface area contributed by atoms with Crippen LogP contribution in [-0.4, -0.2) is 41.1 Å². The van der Waals surface area contributed by atoms with Gasteiger partial charge in [-0.05, 0) is 18.9 Å². The van der Waals surface area contributed by atoms with E-state index in [4.69, 9.17) is 4.74 Å². The van der Waals surface area contributed by atoms with Crippen molar-refractivity contribution in [2.45, 2.75) is 39.0 Å². The molecule has 1 aromatic rings. The summed E-state index contributed by atoms with van der Waals surface area (Å²) in [6, 6.07) is 9.54. The van der Waals surface area contributed by atoms with Gasteiger partial charge in [0.1, 0.15) is 0 Å². The van der Waals surface area contributed by atoms with E-state index in [-0.39, 0.29) is 12.3 Å². The number of likely N-dealkylation sites (N-methyl/N-ethyl adjacent to an activating group) is 1. The second-order valence-corrected chi connectivity index (χ2v) is 4.68. The largest absolute Gasteiger partial charge is 0.451 e. The van der Waals surface area contributed by atoms with Gasteiger partial charge in [-0.1, -0.05) is 37.3 Å². The van der Waals surface area contributed by atoms with Crippen molar-refractivity contribution >= 4 is 11.9 Å². The number of carbonyl (C=O) groups is 2. The average Bonchev–Trinajstić information content (AvgIpc) is 2.46. The van der Waals surface area contributed by atoms with Crippen LogP contribution in [0.15, 0.2) is 30.3 Å². The Hall–Kier alpha value is -1.88. The van der Waals surface area contributed by atoms with Crippen molar-refractivity contribution in [1.29, 1.82) is 0 Å². The lowest BCUT2D eigenvalue weighted by Gasteiger charge is -2.22. The van der Waals surface area contributed by atoms with Gasteiger partial charge < -0.3 is 14.7 Å². The van der Waals surface area contributed by atoms with Crippen LogP contribution in [0.2, 0.25) is 0 Å². The zero-order valence-corrected chi connectivity index (χ0v) is 12.1. The molecule has 0 aliphatic heterocycles. The van der Waals surface area contributed by atoms with Gasteiger partial charge in [-0.15, -0.1) is 0 Å². The molecule has 110 valence electrons. The van der Waals surface area contributed by atoms with Crippen LogP contribution in [0.25, 0.3) is 0 Å². The van der Waals surface area contributed by atoms with Crippen molar-refractivity contribution in [3.05, 3.63) is 35.9 Å². The molecule has 0 aliphatic carbocycles. The van der Waals surface area contributed by atoms with Crippen molar-refractivity contribution in [1.82, 2.24) is 4.90 Å². The summed E-state index contributed by atoms with van der Waals surface area (Å²) < 4.78 is 4.94. The van der Waals surface area contributed by atoms with Crippen LogP contribution in [0.5, 0.6) is 0 Å². The van der Waals surface area contributed by atoms with Crippen molar-refractivity contribution < 1.29 is 19.4 Å². The van der Waals surface area contributed by atoms with Crippen LogP contribution >= 0.6 is 0 Å². The van der Waals surface area contributed by atoms with Crippen molar-refractivity contribution in [3.63, 3.8) is 0 Å². The van der Waals surface area contributed by atoms with E-state index in [1.165, 1.54) is 11.8 Å². The van der Waals surface area contributed by atoms with Gasteiger partial charge in [-0.25, -0.2) is 4.79 Å². The number of rotatable bonds is 6. The molecule has 0 heterocycles. The van der Waals surface area contributed by atoms with Gasteiger partial charge in [-0.3, -0.25) is 4.79 Å². The Balaban J connectivity index is 2.54. The minimum absolute atomic E-state index is 0.263. The van der Waals surface area contributed by atoms with E-state index < -0.39 is 18.2 Å². The number of benzene rings is 1. The Morgan fingerprint density at radius 1 is 1.30 bits per heavy atom. The molecule has 1 amide bonds. The van der Waals surface area contributed by atoms with Gasteiger partial charge in [0.05, 0.1) is 0 Å². The van der Waals surface area contributed by atoms with Crippen LogP contribution in [0.1, 0.15) is 25.8 Å². The van der Waals surface area contributed by atoms with E-state index in [0.29, 0.717) is 6.54 Å². The first-order valence-electron chi connectivity index (χ1n) is 6.63. The Kier molecular flexibility index (Phi) is 6.18. The highest BCUT2D eigenvalue weighted by Crippen LogP contribution is 2.07. The lowest BCUT2D eigenvalue weighted by Crippen LogP contribution is -2.38. The summed E-state index contributed by atoms with van der Waals surface area (Å²) in [4.78, 5) is 25.0. The first-order valence-corrected chi connectivity index (χ1v) is 6.63. The molecule has 0 spiro atoms. The molecule has 1 rings (SSSR count). The number of ether oxygens (including phenoxy) is 1. The van der Waals surface area contributed by atoms with Crippen LogP contribution in [0, 0.1) is 0 Å². The van der Waals surface area contributed by atoms with E-state index in [0.717, 1.165) is 5.56 Å². The van der Waals surface area contributed by atoms with Gasteiger partial charge in [0.25, 0.3) is 5.91 Å². The molecule has 0 radical (unpaired) electrons. The van der Waals surface area contributed by atoms with Crippen LogP contribution < -0.4 is 0 Å². The fourth-order valence-electron chi connectivity index (χ4n) is 1.72. The Morgan fingerprint density at radius 2 is 1.90 bits per heavy atom. The number of carbonyl (C=O) groups excluding carboxylic acids is 2. The number of aliphatic hydroxyl groups is 1. The van der Waals surface area contributed by atoms with Gasteiger partial charge in [0, 0.05) is 13.6 Å². The Labute approximate surface area is 119 Å². The summed E-state index contributed by atoms with van der Waals surface area (Å²) in [7, 11) is 1.65. The van der Waals surface area contributed by atoms with E-state index in [9.17, 15) is 14.7 Å². The van der Waals surface area contributed by atoms with E-state index in [1.807, 2.05) is 30.3 Å². The van der Waals surface area contributed by atoms with Crippen LogP contribution in [0.4, 0.5) is 0 Å². The number of hydrogen-bond acceptors (Lipinski definition) is 4. The van der Waals surface area contributed by atoms with Crippen LogP contribution in [0.3, 0.4) is 0 Å². The second kappa shape index (κ2) is 7.65. The molecule has 1 N–H and O–H groups in total. The molecule has 0 unspecified atom stereocenters. The molecule has 0 saturated carbocycles. The highest BCUT2D eigenvalue weighted by molar-refractivity contribution is 5.84. The first kappa shape index (κ1) is 16.2. The minimum atomic E-state index is -1.18. The lowest BCUT2D eigenvalue weighted by atomic mass is 10.2. The molecule has 20 heavy (non-hydrogen) atoms. The average molecular weight is 279 g/mol. The third-order valence-electron chi connectivity index (χ3n) is 2.94. The zero-order chi connectivity index (χ0) is 15.1. The van der Waals surface area contributed by atoms with Gasteiger partial charge in [0.15, 0.2) is 12.2 Å². The molecule has 0 bridgehead atoms. The smallest absolute Gasteiger partial charge is 0.335 e. The highest BCUT2D eigenvalue weighted by Gasteiger charge is 2.24. The number of esters is 1. The summed E-state index contributed by atoms with van der Waals surface area (Å²) in [5.74, 6) is -1.06. The molecule has 0 saturated heterocycles. The standard InChI is InChI=1S/C15H21NO4/c1-4-13(17)15(19)20-11(2)14(18)16(3)10-12-8-6-5-7-9-12/h5-9,11,13,17H,4,10H2,1-3H3/t11-,13+/m0/s1. The predicted molar refractivity (Wildman–Crippen MR) is 74.8 cm³/mol. The summed E-state index contributed by atoms with van der Waals surface area (Å²) >= 11 is 0. The fourth-order valence-corrected chi connectivity index (χ4v) is 1.72. The quantitative estimate of drug-likeness (QED) is 0.798. The molecular weight excluding hydrogens is 258 g/mol. The van der Waals surface area contributed by atoms with E-state index >= 15 is 0 Å². The summed E-state index contributed by atoms with van der Waals surface area (Å²) in [6.45, 7) is 3.61. The molecule has 2 atom stereocenters. The number of nitrogens with zero attached hydrogens (tertiary/aromatic N) is 1. The SMILES string of the molecule is CC[C@@H](O)C(=O)O[C@@H](C)C(=O)N(C)Cc1ccccc1. The number of aliphatic hydroxyl groups excluding tert-OH is 1. The topological polar surface area (TPSA) is 66.8 Å². The monoisotopic (exact) mass is 279 g/mol. The van der Waals surface area contributed by atoms with Crippen molar-refractivity contribution in [2.75, 3.05) is 7.05 Å². The van der Waals surface area contributed by atoms with Crippen molar-refractivity contribution in [3.8, 4) is 0 Å². The third kappa shape index (κ3) is 4.66. The first-order chi connectivity index (χ1) is 9.45. The second-order valence-electron chi connectivity index (χ2n) is 4.68. The zero-order valence-electron chi connectivity index (χ0n) is 12.1. The predicted octanol–water partition coefficient (Wildman–Crippen LogP) is 1.35. The lowest BCUT2D eigenvalue weighted by molar-refractivity contribution is -0.165.